The Bertz CT molecular complexity index is 374. The average molecular weight is 187 g/mol. The highest BCUT2D eigenvalue weighted by atomic mass is 19.1. The first-order valence-corrected chi connectivity index (χ1v) is 4.29. The van der Waals surface area contributed by atoms with Gasteiger partial charge in [-0.1, -0.05) is 24.3 Å². The monoisotopic (exact) mass is 187 g/mol. The lowest BCUT2D eigenvalue weighted by molar-refractivity contribution is 0.355. The zero-order valence-electron chi connectivity index (χ0n) is 7.41. The van der Waals surface area contributed by atoms with Crippen LogP contribution in [0.2, 0.25) is 0 Å². The Balaban J connectivity index is 2.40. The molecule has 0 aliphatic rings. The largest absolute Gasteiger partial charge is 0.290 e. The van der Waals surface area contributed by atoms with Crippen LogP contribution in [-0.4, -0.2) is 0 Å². The summed E-state index contributed by atoms with van der Waals surface area (Å²) in [5, 5.41) is 10.8. The van der Waals surface area contributed by atoms with Crippen molar-refractivity contribution in [3.05, 3.63) is 54.3 Å². The quantitative estimate of drug-likeness (QED) is 0.649. The molecule has 2 aromatic rings. The fraction of sp³-hybridized carbons (Fsp3) is 0. The van der Waals surface area contributed by atoms with E-state index in [0.29, 0.717) is 0 Å². The van der Waals surface area contributed by atoms with E-state index in [2.05, 4.69) is 0 Å². The van der Waals surface area contributed by atoms with Gasteiger partial charge >= 0.3 is 0 Å². The van der Waals surface area contributed by atoms with Crippen molar-refractivity contribution in [3.63, 3.8) is 0 Å². The third-order valence-corrected chi connectivity index (χ3v) is 2.03. The fourth-order valence-electron chi connectivity index (χ4n) is 1.29. The Kier molecular flexibility index (Phi) is 2.19. The molecule has 2 heteroatoms. The molecule has 14 heavy (non-hydrogen) atoms. The first-order valence-electron chi connectivity index (χ1n) is 4.29. The minimum absolute atomic E-state index is 0.0177. The molecule has 0 unspecified atom stereocenters. The Morgan fingerprint density at radius 2 is 1.14 bits per heavy atom. The van der Waals surface area contributed by atoms with Crippen molar-refractivity contribution >= 4 is 0 Å². The molecule has 0 aromatic heterocycles. The van der Waals surface area contributed by atoms with Gasteiger partial charge in [-0.15, -0.1) is 0 Å². The summed E-state index contributed by atoms with van der Waals surface area (Å²) in [5.41, 5.74) is 1.83. The molecule has 0 bridgehead atoms. The summed E-state index contributed by atoms with van der Waals surface area (Å²) in [6.45, 7) is 0. The SMILES string of the molecule is [O]c1ccc(-c2ccc(F)cc2)cc1. The number of hydrogen-bond acceptors (Lipinski definition) is 0. The van der Waals surface area contributed by atoms with Gasteiger partial charge in [0.1, 0.15) is 5.82 Å². The predicted molar refractivity (Wildman–Crippen MR) is 52.0 cm³/mol. The van der Waals surface area contributed by atoms with Crippen molar-refractivity contribution in [2.24, 2.45) is 0 Å². The summed E-state index contributed by atoms with van der Waals surface area (Å²) in [6.07, 6.45) is 0. The summed E-state index contributed by atoms with van der Waals surface area (Å²) >= 11 is 0. The average Bonchev–Trinajstić information content (AvgIpc) is 2.21. The minimum Gasteiger partial charge on any atom is -0.290 e. The van der Waals surface area contributed by atoms with E-state index < -0.39 is 0 Å². The second-order valence-corrected chi connectivity index (χ2v) is 3.03. The third kappa shape index (κ3) is 1.74. The molecule has 0 saturated heterocycles. The zero-order chi connectivity index (χ0) is 9.97. The van der Waals surface area contributed by atoms with Gasteiger partial charge in [0.15, 0.2) is 5.75 Å². The van der Waals surface area contributed by atoms with Gasteiger partial charge in [0, 0.05) is 0 Å². The third-order valence-electron chi connectivity index (χ3n) is 2.03. The van der Waals surface area contributed by atoms with E-state index in [1.54, 1.807) is 24.3 Å². The lowest BCUT2D eigenvalue weighted by Gasteiger charge is -2.00. The van der Waals surface area contributed by atoms with Crippen molar-refractivity contribution < 1.29 is 9.50 Å². The lowest BCUT2D eigenvalue weighted by atomic mass is 10.1. The van der Waals surface area contributed by atoms with Crippen molar-refractivity contribution in [1.82, 2.24) is 0 Å². The maximum atomic E-state index is 12.6. The molecular formula is C12H8FO. The van der Waals surface area contributed by atoms with Crippen LogP contribution in [0.5, 0.6) is 5.75 Å². The van der Waals surface area contributed by atoms with Gasteiger partial charge in [-0.25, -0.2) is 4.39 Å². The summed E-state index contributed by atoms with van der Waals surface area (Å²) in [7, 11) is 0. The maximum Gasteiger partial charge on any atom is 0.178 e. The number of halogens is 1. The molecular weight excluding hydrogens is 179 g/mol. The van der Waals surface area contributed by atoms with Crippen LogP contribution in [0.4, 0.5) is 4.39 Å². The Hall–Kier alpha value is -1.83. The zero-order valence-corrected chi connectivity index (χ0v) is 7.41. The number of benzene rings is 2. The molecule has 0 spiro atoms. The van der Waals surface area contributed by atoms with Crippen LogP contribution in [-0.2, 0) is 5.11 Å². The summed E-state index contributed by atoms with van der Waals surface area (Å²) < 4.78 is 12.6. The molecule has 1 nitrogen and oxygen atoms in total. The predicted octanol–water partition coefficient (Wildman–Crippen LogP) is 3.64. The van der Waals surface area contributed by atoms with E-state index >= 15 is 0 Å². The van der Waals surface area contributed by atoms with E-state index in [1.807, 2.05) is 0 Å². The van der Waals surface area contributed by atoms with Gasteiger partial charge < -0.3 is 0 Å². The highest BCUT2D eigenvalue weighted by Crippen LogP contribution is 2.21. The Morgan fingerprint density at radius 1 is 0.714 bits per heavy atom. The van der Waals surface area contributed by atoms with Crippen LogP contribution in [0.25, 0.3) is 11.1 Å². The van der Waals surface area contributed by atoms with Gasteiger partial charge in [-0.2, -0.15) is 0 Å². The second kappa shape index (κ2) is 3.50. The highest BCUT2D eigenvalue weighted by molar-refractivity contribution is 5.63. The minimum atomic E-state index is -0.255. The molecule has 69 valence electrons. The van der Waals surface area contributed by atoms with Crippen LogP contribution in [0.1, 0.15) is 0 Å². The first kappa shape index (κ1) is 8.75. The van der Waals surface area contributed by atoms with E-state index in [4.69, 9.17) is 0 Å². The summed E-state index contributed by atoms with van der Waals surface area (Å²) in [5.74, 6) is -0.273. The van der Waals surface area contributed by atoms with Crippen molar-refractivity contribution in [1.29, 1.82) is 0 Å². The molecule has 0 amide bonds. The number of hydrogen-bond donors (Lipinski definition) is 0. The topological polar surface area (TPSA) is 19.9 Å². The van der Waals surface area contributed by atoms with Gasteiger partial charge in [0.2, 0.25) is 0 Å². The van der Waals surface area contributed by atoms with Gasteiger partial charge in [-0.05, 0) is 35.4 Å². The highest BCUT2D eigenvalue weighted by Gasteiger charge is 1.98. The van der Waals surface area contributed by atoms with Crippen LogP contribution in [0.15, 0.2) is 48.5 Å². The molecule has 0 fully saturated rings. The van der Waals surface area contributed by atoms with Crippen molar-refractivity contribution in [2.45, 2.75) is 0 Å². The lowest BCUT2D eigenvalue weighted by Crippen LogP contribution is -1.77. The molecule has 0 aliphatic carbocycles. The van der Waals surface area contributed by atoms with E-state index in [9.17, 15) is 9.50 Å². The van der Waals surface area contributed by atoms with Crippen molar-refractivity contribution in [2.75, 3.05) is 0 Å². The molecule has 2 rings (SSSR count). The molecule has 0 aliphatic heterocycles. The molecule has 1 radical (unpaired) electrons. The Labute approximate surface area is 81.4 Å². The summed E-state index contributed by atoms with van der Waals surface area (Å²) in [6, 6.07) is 12.6. The summed E-state index contributed by atoms with van der Waals surface area (Å²) in [4.78, 5) is 0. The van der Waals surface area contributed by atoms with Gasteiger partial charge in [-0.3, -0.25) is 5.11 Å². The standard InChI is InChI=1S/C12H8FO/c13-11-5-1-9(2-6-11)10-3-7-12(14)8-4-10/h1-8H. The fourth-order valence-corrected chi connectivity index (χ4v) is 1.29. The van der Waals surface area contributed by atoms with Crippen LogP contribution >= 0.6 is 0 Å². The van der Waals surface area contributed by atoms with Crippen LogP contribution in [0, 0.1) is 5.82 Å². The van der Waals surface area contributed by atoms with Gasteiger partial charge in [0.25, 0.3) is 0 Å². The smallest absolute Gasteiger partial charge is 0.178 e. The van der Waals surface area contributed by atoms with E-state index in [1.165, 1.54) is 24.3 Å². The van der Waals surface area contributed by atoms with E-state index in [-0.39, 0.29) is 11.6 Å². The molecule has 0 heterocycles. The van der Waals surface area contributed by atoms with Crippen molar-refractivity contribution in [3.8, 4) is 16.9 Å². The maximum absolute atomic E-state index is 12.6. The molecule has 0 N–H and O–H groups in total. The normalized spacial score (nSPS) is 10.1. The molecule has 2 aromatic carbocycles. The molecule has 0 saturated carbocycles. The van der Waals surface area contributed by atoms with Crippen LogP contribution < -0.4 is 0 Å². The Morgan fingerprint density at radius 3 is 1.64 bits per heavy atom. The van der Waals surface area contributed by atoms with E-state index in [0.717, 1.165) is 11.1 Å². The van der Waals surface area contributed by atoms with Crippen LogP contribution in [0.3, 0.4) is 0 Å². The molecule has 0 atom stereocenters. The second-order valence-electron chi connectivity index (χ2n) is 3.03. The number of rotatable bonds is 1. The van der Waals surface area contributed by atoms with Gasteiger partial charge in [0.05, 0.1) is 0 Å². The first-order chi connectivity index (χ1) is 6.75.